The number of rotatable bonds is 9. The monoisotopic (exact) mass is 596 g/mol. The molecule has 216 valence electrons. The van der Waals surface area contributed by atoms with Crippen molar-refractivity contribution in [2.24, 2.45) is 5.92 Å². The van der Waals surface area contributed by atoms with E-state index < -0.39 is 0 Å². The molecule has 0 radical (unpaired) electrons. The molecule has 2 aliphatic heterocycles. The Morgan fingerprint density at radius 1 is 1.27 bits per heavy atom. The predicted molar refractivity (Wildman–Crippen MR) is 162 cm³/mol. The van der Waals surface area contributed by atoms with E-state index in [9.17, 15) is 24.0 Å². The first kappa shape index (κ1) is 30.5. The lowest BCUT2D eigenvalue weighted by Crippen LogP contribution is -2.43. The molecular weight excluding hydrogens is 563 g/mol. The van der Waals surface area contributed by atoms with Gasteiger partial charge < -0.3 is 9.64 Å². The first-order chi connectivity index (χ1) is 19.7. The number of nitriles is 1. The first-order valence-corrected chi connectivity index (χ1v) is 15.0. The van der Waals surface area contributed by atoms with Gasteiger partial charge in [-0.05, 0) is 62.4 Å². The summed E-state index contributed by atoms with van der Waals surface area (Å²) in [6.07, 6.45) is 4.68. The van der Waals surface area contributed by atoms with Gasteiger partial charge in [-0.15, -0.1) is 0 Å². The number of esters is 1. The number of unbranched alkanes of at least 4 members (excludes halogenated alkanes) is 1. The Morgan fingerprint density at radius 3 is 2.66 bits per heavy atom. The average Bonchev–Trinajstić information content (AvgIpc) is 3.22. The van der Waals surface area contributed by atoms with Crippen molar-refractivity contribution in [1.29, 1.82) is 5.26 Å². The second-order valence-electron chi connectivity index (χ2n) is 10.1. The zero-order chi connectivity index (χ0) is 29.7. The summed E-state index contributed by atoms with van der Waals surface area (Å²) in [7, 11) is 0. The molecule has 2 aliphatic rings. The number of hydrogen-bond donors (Lipinski definition) is 0. The van der Waals surface area contributed by atoms with Gasteiger partial charge in [0, 0.05) is 25.2 Å². The van der Waals surface area contributed by atoms with E-state index in [0.717, 1.165) is 36.6 Å². The molecule has 41 heavy (non-hydrogen) atoms. The fraction of sp³-hybridized carbons (Fsp3) is 0.433. The molecule has 2 fully saturated rings. The van der Waals surface area contributed by atoms with Crippen LogP contribution in [0.3, 0.4) is 0 Å². The van der Waals surface area contributed by atoms with Crippen LogP contribution in [0.4, 0.5) is 10.2 Å². The molecular formula is C30H33FN4O4S2. The average molecular weight is 597 g/mol. The molecule has 3 heterocycles. The normalized spacial score (nSPS) is 18.2. The van der Waals surface area contributed by atoms with Gasteiger partial charge in [0.05, 0.1) is 24.0 Å². The molecule has 1 amide bonds. The summed E-state index contributed by atoms with van der Waals surface area (Å²) in [6.45, 7) is 7.36. The van der Waals surface area contributed by atoms with Crippen molar-refractivity contribution in [3.05, 3.63) is 67.6 Å². The zero-order valence-corrected chi connectivity index (χ0v) is 25.1. The van der Waals surface area contributed by atoms with Crippen molar-refractivity contribution in [1.82, 2.24) is 9.47 Å². The van der Waals surface area contributed by atoms with Gasteiger partial charge in [0.15, 0.2) is 0 Å². The van der Waals surface area contributed by atoms with Crippen molar-refractivity contribution in [3.8, 4) is 6.07 Å². The van der Waals surface area contributed by atoms with Gasteiger partial charge >= 0.3 is 5.97 Å². The summed E-state index contributed by atoms with van der Waals surface area (Å²) in [5.74, 6) is -0.693. The summed E-state index contributed by atoms with van der Waals surface area (Å²) in [5, 5.41) is 9.94. The van der Waals surface area contributed by atoms with Gasteiger partial charge in [-0.2, -0.15) is 5.26 Å². The third kappa shape index (κ3) is 6.54. The quantitative estimate of drug-likeness (QED) is 0.223. The highest BCUT2D eigenvalue weighted by Crippen LogP contribution is 2.37. The third-order valence-electron chi connectivity index (χ3n) is 7.33. The minimum Gasteiger partial charge on any atom is -0.466 e. The number of thiocarbonyl (C=S) groups is 1. The number of aromatic nitrogens is 1. The molecule has 0 saturated carbocycles. The lowest BCUT2D eigenvalue weighted by Gasteiger charge is -2.36. The number of piperidine rings is 1. The van der Waals surface area contributed by atoms with Crippen LogP contribution in [0.1, 0.15) is 61.8 Å². The second kappa shape index (κ2) is 13.4. The Hall–Kier alpha value is -3.49. The van der Waals surface area contributed by atoms with E-state index in [0.29, 0.717) is 52.2 Å². The number of hydrogen-bond acceptors (Lipinski definition) is 8. The van der Waals surface area contributed by atoms with Gasteiger partial charge in [-0.3, -0.25) is 23.9 Å². The summed E-state index contributed by atoms with van der Waals surface area (Å²) >= 11 is 6.68. The highest BCUT2D eigenvalue weighted by Gasteiger charge is 2.35. The van der Waals surface area contributed by atoms with Gasteiger partial charge in [0.25, 0.3) is 11.5 Å². The van der Waals surface area contributed by atoms with Gasteiger partial charge in [-0.1, -0.05) is 49.5 Å². The van der Waals surface area contributed by atoms with Crippen molar-refractivity contribution in [2.45, 2.75) is 59.5 Å². The van der Waals surface area contributed by atoms with Crippen LogP contribution in [0, 0.1) is 30.0 Å². The van der Waals surface area contributed by atoms with Crippen molar-refractivity contribution in [2.75, 3.05) is 24.6 Å². The van der Waals surface area contributed by atoms with E-state index in [1.165, 1.54) is 17.0 Å². The molecule has 11 heteroatoms. The molecule has 2 aromatic rings. The highest BCUT2D eigenvalue weighted by molar-refractivity contribution is 8.26. The third-order valence-corrected chi connectivity index (χ3v) is 8.70. The van der Waals surface area contributed by atoms with Crippen molar-refractivity contribution >= 4 is 52.1 Å². The van der Waals surface area contributed by atoms with E-state index in [1.54, 1.807) is 36.6 Å². The number of carbonyl (C=O) groups is 2. The number of thioether (sulfide) groups is 1. The van der Waals surface area contributed by atoms with E-state index in [2.05, 4.69) is 6.07 Å². The molecule has 1 unspecified atom stereocenters. The summed E-state index contributed by atoms with van der Waals surface area (Å²) < 4.78 is 20.7. The Kier molecular flexibility index (Phi) is 9.99. The van der Waals surface area contributed by atoms with E-state index in [-0.39, 0.29) is 47.9 Å². The van der Waals surface area contributed by atoms with Crippen LogP contribution in [-0.4, -0.2) is 45.4 Å². The SMILES string of the molecule is CCCCn1c(N2CCCC(C(=O)OCC)C2)c(/C=C2\SC(=S)N(Cc3ccc(F)cc3)C2=O)c(C)c(C#N)c1=O. The van der Waals surface area contributed by atoms with Crippen LogP contribution in [0.5, 0.6) is 0 Å². The largest absolute Gasteiger partial charge is 0.466 e. The van der Waals surface area contributed by atoms with E-state index >= 15 is 0 Å². The Labute approximate surface area is 248 Å². The minimum absolute atomic E-state index is 0.0249. The maximum atomic E-state index is 13.6. The number of benzene rings is 1. The number of pyridine rings is 1. The van der Waals surface area contributed by atoms with E-state index in [1.807, 2.05) is 11.8 Å². The number of nitrogens with zero attached hydrogens (tertiary/aromatic N) is 4. The highest BCUT2D eigenvalue weighted by atomic mass is 32.2. The van der Waals surface area contributed by atoms with Gasteiger partial charge in [-0.25, -0.2) is 4.39 Å². The molecule has 8 nitrogen and oxygen atoms in total. The smallest absolute Gasteiger partial charge is 0.310 e. The number of carbonyl (C=O) groups excluding carboxylic acids is 2. The lowest BCUT2D eigenvalue weighted by molar-refractivity contribution is -0.148. The maximum Gasteiger partial charge on any atom is 0.310 e. The van der Waals surface area contributed by atoms with Gasteiger partial charge in [0.1, 0.15) is 27.6 Å². The van der Waals surface area contributed by atoms with Crippen LogP contribution >= 0.6 is 24.0 Å². The van der Waals surface area contributed by atoms with Gasteiger partial charge in [0.2, 0.25) is 0 Å². The van der Waals surface area contributed by atoms with Crippen LogP contribution in [0.2, 0.25) is 0 Å². The molecule has 1 aromatic heterocycles. The van der Waals surface area contributed by atoms with Crippen LogP contribution < -0.4 is 10.5 Å². The Balaban J connectivity index is 1.81. The molecule has 0 spiro atoms. The summed E-state index contributed by atoms with van der Waals surface area (Å²) in [4.78, 5) is 43.6. The molecule has 0 bridgehead atoms. The molecule has 2 saturated heterocycles. The van der Waals surface area contributed by atoms with Crippen LogP contribution in [-0.2, 0) is 27.4 Å². The first-order valence-electron chi connectivity index (χ1n) is 13.8. The standard InChI is InChI=1S/C30H33FN4O4S2/c1-4-6-14-34-26(33-13-7-8-21(18-33)29(38)39-5-2)23(19(3)24(16-32)27(34)36)15-25-28(37)35(30(40)41-25)17-20-9-11-22(31)12-10-20/h9-12,15,21H,4-8,13-14,17-18H2,1-3H3/b25-15-. The Morgan fingerprint density at radius 2 is 2.00 bits per heavy atom. The number of anilines is 1. The fourth-order valence-corrected chi connectivity index (χ4v) is 6.41. The molecule has 0 N–H and O–H groups in total. The fourth-order valence-electron chi connectivity index (χ4n) is 5.17. The van der Waals surface area contributed by atoms with E-state index in [4.69, 9.17) is 17.0 Å². The number of halogens is 1. The summed E-state index contributed by atoms with van der Waals surface area (Å²) in [5.41, 5.74) is 1.44. The molecule has 4 rings (SSSR count). The van der Waals surface area contributed by atoms with Crippen molar-refractivity contribution in [3.63, 3.8) is 0 Å². The lowest BCUT2D eigenvalue weighted by atomic mass is 9.96. The molecule has 1 aromatic carbocycles. The van der Waals surface area contributed by atoms with Crippen molar-refractivity contribution < 1.29 is 18.7 Å². The molecule has 0 aliphatic carbocycles. The Bertz CT molecular complexity index is 1480. The topological polar surface area (TPSA) is 95.6 Å². The summed E-state index contributed by atoms with van der Waals surface area (Å²) in [6, 6.07) is 7.97. The minimum atomic E-state index is -0.382. The number of ether oxygens (including phenoxy) is 1. The predicted octanol–water partition coefficient (Wildman–Crippen LogP) is 5.15. The van der Waals surface area contributed by atoms with Crippen LogP contribution in [0.15, 0.2) is 34.0 Å². The molecule has 1 atom stereocenters. The maximum absolute atomic E-state index is 13.6. The zero-order valence-electron chi connectivity index (χ0n) is 23.4. The number of amides is 1. The van der Waals surface area contributed by atoms with Crippen LogP contribution in [0.25, 0.3) is 6.08 Å². The second-order valence-corrected chi connectivity index (χ2v) is 11.8.